The molecule has 6 heteroatoms. The van der Waals surface area contributed by atoms with Gasteiger partial charge in [-0.1, -0.05) is 54.6 Å². The highest BCUT2D eigenvalue weighted by atomic mass is 16.2. The van der Waals surface area contributed by atoms with Crippen molar-refractivity contribution in [1.82, 2.24) is 9.80 Å². The Morgan fingerprint density at radius 3 is 2.38 bits per heavy atom. The standard InChI is InChI=1S/C28H25N3O3/c32-25(29-17-15-19-8-1-2-9-20(19)18-29)14-7-16-30-26-21-10-3-4-11-22(21)28(34)31(26)24-13-6-5-12-23(24)27(30)33/h1-6,8-13,26H,7,14-18H2/t26-/m1/s1. The van der Waals surface area contributed by atoms with E-state index in [4.69, 9.17) is 0 Å². The minimum atomic E-state index is -0.469. The Morgan fingerprint density at radius 2 is 1.53 bits per heavy atom. The first-order chi connectivity index (χ1) is 16.6. The summed E-state index contributed by atoms with van der Waals surface area (Å²) in [6.45, 7) is 1.78. The summed E-state index contributed by atoms with van der Waals surface area (Å²) in [7, 11) is 0. The summed E-state index contributed by atoms with van der Waals surface area (Å²) in [5.74, 6) is -0.0755. The molecule has 3 aromatic carbocycles. The van der Waals surface area contributed by atoms with E-state index in [9.17, 15) is 14.4 Å². The molecule has 3 aliphatic heterocycles. The van der Waals surface area contributed by atoms with Crippen LogP contribution < -0.4 is 4.90 Å². The zero-order valence-corrected chi connectivity index (χ0v) is 18.8. The van der Waals surface area contributed by atoms with Gasteiger partial charge in [-0.3, -0.25) is 19.3 Å². The van der Waals surface area contributed by atoms with Gasteiger partial charge in [-0.15, -0.1) is 0 Å². The molecule has 6 nitrogen and oxygen atoms in total. The second-order valence-electron chi connectivity index (χ2n) is 9.09. The van der Waals surface area contributed by atoms with E-state index >= 15 is 0 Å². The van der Waals surface area contributed by atoms with Gasteiger partial charge in [0.1, 0.15) is 6.17 Å². The number of carbonyl (C=O) groups is 3. The molecule has 3 aromatic rings. The number of hydrogen-bond acceptors (Lipinski definition) is 3. The van der Waals surface area contributed by atoms with Gasteiger partial charge < -0.3 is 9.80 Å². The second-order valence-corrected chi connectivity index (χ2v) is 9.09. The van der Waals surface area contributed by atoms with Crippen LogP contribution in [0.2, 0.25) is 0 Å². The van der Waals surface area contributed by atoms with E-state index in [-0.39, 0.29) is 17.7 Å². The van der Waals surface area contributed by atoms with E-state index in [0.29, 0.717) is 42.7 Å². The number of carbonyl (C=O) groups excluding carboxylic acids is 3. The Bertz CT molecular complexity index is 1320. The molecule has 1 atom stereocenters. The molecule has 170 valence electrons. The quantitative estimate of drug-likeness (QED) is 0.598. The van der Waals surface area contributed by atoms with Crippen molar-refractivity contribution in [2.24, 2.45) is 0 Å². The van der Waals surface area contributed by atoms with Crippen molar-refractivity contribution < 1.29 is 14.4 Å². The molecule has 3 amide bonds. The summed E-state index contributed by atoms with van der Waals surface area (Å²) in [6.07, 6.45) is 1.32. The van der Waals surface area contributed by atoms with Crippen LogP contribution in [0.1, 0.15) is 56.4 Å². The van der Waals surface area contributed by atoms with E-state index in [1.807, 2.05) is 59.5 Å². The van der Waals surface area contributed by atoms with Crippen LogP contribution in [0.4, 0.5) is 5.69 Å². The SMILES string of the molecule is O=C(CCCN1C(=O)c2ccccc2N2C(=O)c3ccccc3[C@H]12)N1CCc2ccccc2C1. The Hall–Kier alpha value is -3.93. The summed E-state index contributed by atoms with van der Waals surface area (Å²) in [4.78, 5) is 45.1. The van der Waals surface area contributed by atoms with E-state index < -0.39 is 6.17 Å². The fourth-order valence-electron chi connectivity index (χ4n) is 5.47. The smallest absolute Gasteiger partial charge is 0.260 e. The molecule has 0 aliphatic carbocycles. The van der Waals surface area contributed by atoms with Gasteiger partial charge in [0.2, 0.25) is 5.91 Å². The number of hydrogen-bond donors (Lipinski definition) is 0. The predicted octanol–water partition coefficient (Wildman–Crippen LogP) is 4.17. The van der Waals surface area contributed by atoms with Crippen molar-refractivity contribution in [1.29, 1.82) is 0 Å². The third-order valence-corrected chi connectivity index (χ3v) is 7.16. The van der Waals surface area contributed by atoms with Crippen LogP contribution in [-0.2, 0) is 17.8 Å². The summed E-state index contributed by atoms with van der Waals surface area (Å²) >= 11 is 0. The molecule has 0 unspecified atom stereocenters. The Balaban J connectivity index is 1.21. The molecular formula is C28H25N3O3. The van der Waals surface area contributed by atoms with Crippen LogP contribution in [0.5, 0.6) is 0 Å². The third kappa shape index (κ3) is 3.21. The number of nitrogens with zero attached hydrogens (tertiary/aromatic N) is 3. The normalized spacial score (nSPS) is 18.4. The van der Waals surface area contributed by atoms with E-state index in [1.54, 1.807) is 15.9 Å². The van der Waals surface area contributed by atoms with Crippen molar-refractivity contribution >= 4 is 23.4 Å². The molecule has 3 heterocycles. The number of rotatable bonds is 4. The maximum atomic E-state index is 13.5. The molecule has 0 saturated heterocycles. The van der Waals surface area contributed by atoms with Gasteiger partial charge in [0, 0.05) is 37.2 Å². The maximum absolute atomic E-state index is 13.5. The van der Waals surface area contributed by atoms with E-state index in [1.165, 1.54) is 11.1 Å². The number of anilines is 1. The lowest BCUT2D eigenvalue weighted by Crippen LogP contribution is -2.48. The van der Waals surface area contributed by atoms with Crippen molar-refractivity contribution in [2.75, 3.05) is 18.0 Å². The highest BCUT2D eigenvalue weighted by Crippen LogP contribution is 2.45. The molecule has 6 rings (SSSR count). The number of para-hydroxylation sites is 1. The molecule has 0 N–H and O–H groups in total. The lowest BCUT2D eigenvalue weighted by Gasteiger charge is -2.41. The second kappa shape index (κ2) is 8.13. The number of benzene rings is 3. The zero-order chi connectivity index (χ0) is 23.2. The summed E-state index contributed by atoms with van der Waals surface area (Å²) in [6, 6.07) is 23.0. The van der Waals surface area contributed by atoms with Crippen molar-refractivity contribution in [3.63, 3.8) is 0 Å². The molecule has 34 heavy (non-hydrogen) atoms. The van der Waals surface area contributed by atoms with E-state index in [2.05, 4.69) is 12.1 Å². The van der Waals surface area contributed by atoms with Crippen molar-refractivity contribution in [3.8, 4) is 0 Å². The average Bonchev–Trinajstić information content (AvgIpc) is 3.18. The van der Waals surface area contributed by atoms with E-state index in [0.717, 1.165) is 18.5 Å². The van der Waals surface area contributed by atoms with Gasteiger partial charge in [-0.25, -0.2) is 0 Å². The third-order valence-electron chi connectivity index (χ3n) is 7.16. The van der Waals surface area contributed by atoms with Gasteiger partial charge in [0.25, 0.3) is 11.8 Å². The maximum Gasteiger partial charge on any atom is 0.260 e. The van der Waals surface area contributed by atoms with Gasteiger partial charge >= 0.3 is 0 Å². The summed E-state index contributed by atoms with van der Waals surface area (Å²) in [5.41, 5.74) is 5.17. The minimum Gasteiger partial charge on any atom is -0.338 e. The molecule has 3 aliphatic rings. The first kappa shape index (κ1) is 20.7. The topological polar surface area (TPSA) is 60.9 Å². The number of fused-ring (bicyclic) bond motifs is 6. The number of amides is 3. The van der Waals surface area contributed by atoms with Gasteiger partial charge in [0.05, 0.1) is 11.3 Å². The lowest BCUT2D eigenvalue weighted by atomic mass is 9.99. The monoisotopic (exact) mass is 451 g/mol. The highest BCUT2D eigenvalue weighted by molar-refractivity contribution is 6.16. The van der Waals surface area contributed by atoms with Crippen LogP contribution in [0, 0.1) is 0 Å². The van der Waals surface area contributed by atoms with Crippen molar-refractivity contribution in [3.05, 3.63) is 101 Å². The molecule has 0 aromatic heterocycles. The molecule has 0 spiro atoms. The first-order valence-corrected chi connectivity index (χ1v) is 11.8. The minimum absolute atomic E-state index is 0.0893. The van der Waals surface area contributed by atoms with Crippen LogP contribution in [0.3, 0.4) is 0 Å². The average molecular weight is 452 g/mol. The summed E-state index contributed by atoms with van der Waals surface area (Å²) in [5, 5.41) is 0. The van der Waals surface area contributed by atoms with Crippen LogP contribution in [-0.4, -0.2) is 40.6 Å². The highest BCUT2D eigenvalue weighted by Gasteiger charge is 2.47. The predicted molar refractivity (Wildman–Crippen MR) is 128 cm³/mol. The Kier molecular flexibility index (Phi) is 4.94. The largest absolute Gasteiger partial charge is 0.338 e. The van der Waals surface area contributed by atoms with Crippen LogP contribution in [0.25, 0.3) is 0 Å². The zero-order valence-electron chi connectivity index (χ0n) is 18.8. The summed E-state index contributed by atoms with van der Waals surface area (Å²) < 4.78 is 0. The Morgan fingerprint density at radius 1 is 0.824 bits per heavy atom. The first-order valence-electron chi connectivity index (χ1n) is 11.8. The van der Waals surface area contributed by atoms with Gasteiger partial charge in [-0.05, 0) is 42.2 Å². The molecule has 0 radical (unpaired) electrons. The van der Waals surface area contributed by atoms with Gasteiger partial charge in [0.15, 0.2) is 0 Å². The fourth-order valence-corrected chi connectivity index (χ4v) is 5.47. The molecule has 0 fully saturated rings. The van der Waals surface area contributed by atoms with Crippen molar-refractivity contribution in [2.45, 2.75) is 32.0 Å². The van der Waals surface area contributed by atoms with Gasteiger partial charge in [-0.2, -0.15) is 0 Å². The molecule has 0 saturated carbocycles. The molecular weight excluding hydrogens is 426 g/mol. The molecule has 0 bridgehead atoms. The van der Waals surface area contributed by atoms with Crippen LogP contribution >= 0.6 is 0 Å². The van der Waals surface area contributed by atoms with Crippen LogP contribution in [0.15, 0.2) is 72.8 Å². The lowest BCUT2D eigenvalue weighted by molar-refractivity contribution is -0.132. The fraction of sp³-hybridized carbons (Fsp3) is 0.250. The Labute approximate surface area is 198 Å².